The fourth-order valence-corrected chi connectivity index (χ4v) is 1.35. The summed E-state index contributed by atoms with van der Waals surface area (Å²) < 4.78 is 0. The van der Waals surface area contributed by atoms with Crippen LogP contribution in [-0.2, 0) is 6.42 Å². The van der Waals surface area contributed by atoms with Crippen molar-refractivity contribution in [1.82, 2.24) is 0 Å². The molecule has 3 heteroatoms. The molecular weight excluding hydrogens is 178 g/mol. The molecular formula is C11H17NO2. The second-order valence-corrected chi connectivity index (χ2v) is 3.56. The third-order valence-corrected chi connectivity index (χ3v) is 2.34. The van der Waals surface area contributed by atoms with Gasteiger partial charge in [-0.25, -0.2) is 0 Å². The molecule has 0 aliphatic carbocycles. The molecule has 4 N–H and O–H groups in total. The zero-order valence-electron chi connectivity index (χ0n) is 8.35. The minimum Gasteiger partial charge on any atom is -0.364 e. The van der Waals surface area contributed by atoms with Crippen LogP contribution in [0.25, 0.3) is 0 Å². The van der Waals surface area contributed by atoms with Crippen molar-refractivity contribution in [3.05, 3.63) is 35.9 Å². The number of benzene rings is 1. The van der Waals surface area contributed by atoms with Crippen LogP contribution in [0.4, 0.5) is 0 Å². The van der Waals surface area contributed by atoms with Crippen molar-refractivity contribution < 1.29 is 10.2 Å². The molecule has 1 aromatic rings. The maximum atomic E-state index is 9.67. The lowest BCUT2D eigenvalue weighted by atomic mass is 9.97. The molecule has 0 aliphatic heterocycles. The average Bonchev–Trinajstić information content (AvgIpc) is 2.17. The zero-order valence-corrected chi connectivity index (χ0v) is 8.35. The molecule has 0 aliphatic rings. The average molecular weight is 195 g/mol. The van der Waals surface area contributed by atoms with Crippen LogP contribution >= 0.6 is 0 Å². The molecule has 0 aromatic heterocycles. The summed E-state index contributed by atoms with van der Waals surface area (Å²) in [6, 6.07) is 8.71. The van der Waals surface area contributed by atoms with E-state index in [4.69, 9.17) is 5.73 Å². The van der Waals surface area contributed by atoms with Gasteiger partial charge >= 0.3 is 0 Å². The fourth-order valence-electron chi connectivity index (χ4n) is 1.35. The second kappa shape index (κ2) is 4.55. The third-order valence-electron chi connectivity index (χ3n) is 2.34. The summed E-state index contributed by atoms with van der Waals surface area (Å²) in [5.74, 6) is -1.81. The van der Waals surface area contributed by atoms with Crippen molar-refractivity contribution >= 4 is 0 Å². The van der Waals surface area contributed by atoms with Gasteiger partial charge in [-0.3, -0.25) is 0 Å². The summed E-state index contributed by atoms with van der Waals surface area (Å²) in [5.41, 5.74) is 6.47. The lowest BCUT2D eigenvalue weighted by Crippen LogP contribution is -2.49. The van der Waals surface area contributed by atoms with Gasteiger partial charge in [0.15, 0.2) is 5.79 Å². The number of aliphatic hydroxyl groups is 2. The molecule has 1 rings (SSSR count). The van der Waals surface area contributed by atoms with Crippen LogP contribution in [-0.4, -0.2) is 22.0 Å². The molecule has 1 atom stereocenters. The monoisotopic (exact) mass is 195 g/mol. The number of hydrogen-bond donors (Lipinski definition) is 3. The summed E-state index contributed by atoms with van der Waals surface area (Å²) in [6.45, 7) is 1.83. The van der Waals surface area contributed by atoms with Gasteiger partial charge in [0.25, 0.3) is 0 Å². The molecule has 1 unspecified atom stereocenters. The lowest BCUT2D eigenvalue weighted by Gasteiger charge is -2.27. The maximum absolute atomic E-state index is 9.67. The Hall–Kier alpha value is -0.900. The highest BCUT2D eigenvalue weighted by molar-refractivity contribution is 5.16. The van der Waals surface area contributed by atoms with Crippen molar-refractivity contribution in [3.8, 4) is 0 Å². The van der Waals surface area contributed by atoms with Gasteiger partial charge in [-0.05, 0) is 12.0 Å². The van der Waals surface area contributed by atoms with E-state index in [1.54, 1.807) is 0 Å². The SMILES string of the molecule is CCC(N)C(O)(O)Cc1ccccc1. The van der Waals surface area contributed by atoms with Crippen LogP contribution < -0.4 is 5.73 Å². The minimum atomic E-state index is -1.81. The summed E-state index contributed by atoms with van der Waals surface area (Å²) in [6.07, 6.45) is 0.711. The Bertz CT molecular complexity index is 272. The van der Waals surface area contributed by atoms with Crippen molar-refractivity contribution in [2.75, 3.05) is 0 Å². The summed E-state index contributed by atoms with van der Waals surface area (Å²) in [5, 5.41) is 19.3. The highest BCUT2D eigenvalue weighted by atomic mass is 16.5. The van der Waals surface area contributed by atoms with Crippen LogP contribution in [0.1, 0.15) is 18.9 Å². The van der Waals surface area contributed by atoms with Crippen LogP contribution in [0.2, 0.25) is 0 Å². The first kappa shape index (κ1) is 11.2. The Morgan fingerprint density at radius 2 is 1.86 bits per heavy atom. The lowest BCUT2D eigenvalue weighted by molar-refractivity contribution is -0.175. The topological polar surface area (TPSA) is 66.5 Å². The molecule has 0 spiro atoms. The molecule has 0 saturated heterocycles. The Morgan fingerprint density at radius 3 is 2.36 bits per heavy atom. The van der Waals surface area contributed by atoms with E-state index >= 15 is 0 Å². The van der Waals surface area contributed by atoms with Gasteiger partial charge in [0, 0.05) is 6.42 Å². The molecule has 3 nitrogen and oxygen atoms in total. The van der Waals surface area contributed by atoms with Gasteiger partial charge < -0.3 is 15.9 Å². The molecule has 0 heterocycles. The van der Waals surface area contributed by atoms with Crippen molar-refractivity contribution in [3.63, 3.8) is 0 Å². The van der Waals surface area contributed by atoms with Crippen LogP contribution in [0.3, 0.4) is 0 Å². The number of rotatable bonds is 4. The van der Waals surface area contributed by atoms with E-state index in [0.29, 0.717) is 6.42 Å². The molecule has 0 bridgehead atoms. The van der Waals surface area contributed by atoms with E-state index in [-0.39, 0.29) is 6.42 Å². The van der Waals surface area contributed by atoms with Gasteiger partial charge in [0.05, 0.1) is 6.04 Å². The Labute approximate surface area is 84.2 Å². The van der Waals surface area contributed by atoms with E-state index in [1.165, 1.54) is 0 Å². The minimum absolute atomic E-state index is 0.169. The van der Waals surface area contributed by atoms with Crippen LogP contribution in [0, 0.1) is 0 Å². The van der Waals surface area contributed by atoms with Gasteiger partial charge in [-0.2, -0.15) is 0 Å². The molecule has 0 radical (unpaired) electrons. The molecule has 78 valence electrons. The largest absolute Gasteiger partial charge is 0.364 e. The fraction of sp³-hybridized carbons (Fsp3) is 0.455. The molecule has 0 fully saturated rings. The summed E-state index contributed by atoms with van der Waals surface area (Å²) in [7, 11) is 0. The molecule has 0 saturated carbocycles. The highest BCUT2D eigenvalue weighted by Gasteiger charge is 2.30. The van der Waals surface area contributed by atoms with E-state index in [0.717, 1.165) is 5.56 Å². The Kier molecular flexibility index (Phi) is 3.63. The van der Waals surface area contributed by atoms with Gasteiger partial charge in [0.2, 0.25) is 0 Å². The Morgan fingerprint density at radius 1 is 1.29 bits per heavy atom. The normalized spacial score (nSPS) is 14.0. The van der Waals surface area contributed by atoms with Gasteiger partial charge in [-0.1, -0.05) is 37.3 Å². The summed E-state index contributed by atoms with van der Waals surface area (Å²) in [4.78, 5) is 0. The van der Waals surface area contributed by atoms with Crippen LogP contribution in [0.15, 0.2) is 30.3 Å². The van der Waals surface area contributed by atoms with Crippen molar-refractivity contribution in [2.45, 2.75) is 31.6 Å². The van der Waals surface area contributed by atoms with E-state index in [2.05, 4.69) is 0 Å². The molecule has 1 aromatic carbocycles. The van der Waals surface area contributed by atoms with E-state index < -0.39 is 11.8 Å². The van der Waals surface area contributed by atoms with Crippen LogP contribution in [0.5, 0.6) is 0 Å². The first-order chi connectivity index (χ1) is 6.56. The van der Waals surface area contributed by atoms with Crippen molar-refractivity contribution in [1.29, 1.82) is 0 Å². The number of hydrogen-bond acceptors (Lipinski definition) is 3. The third kappa shape index (κ3) is 2.80. The van der Waals surface area contributed by atoms with E-state index in [9.17, 15) is 10.2 Å². The van der Waals surface area contributed by atoms with Gasteiger partial charge in [0.1, 0.15) is 0 Å². The van der Waals surface area contributed by atoms with Gasteiger partial charge in [-0.15, -0.1) is 0 Å². The maximum Gasteiger partial charge on any atom is 0.182 e. The smallest absolute Gasteiger partial charge is 0.182 e. The predicted molar refractivity (Wildman–Crippen MR) is 55.6 cm³/mol. The molecule has 14 heavy (non-hydrogen) atoms. The number of nitrogens with two attached hydrogens (primary N) is 1. The summed E-state index contributed by atoms with van der Waals surface area (Å²) >= 11 is 0. The first-order valence-electron chi connectivity index (χ1n) is 4.80. The Balaban J connectivity index is 2.68. The highest BCUT2D eigenvalue weighted by Crippen LogP contribution is 2.15. The zero-order chi connectivity index (χ0) is 10.6. The quantitative estimate of drug-likeness (QED) is 0.618. The standard InChI is InChI=1S/C11H17NO2/c1-2-10(12)11(13,14)8-9-6-4-3-5-7-9/h3-7,10,13-14H,2,8,12H2,1H3. The van der Waals surface area contributed by atoms with E-state index in [1.807, 2.05) is 37.3 Å². The second-order valence-electron chi connectivity index (χ2n) is 3.56. The van der Waals surface area contributed by atoms with Crippen molar-refractivity contribution in [2.24, 2.45) is 5.73 Å². The predicted octanol–water partition coefficient (Wildman–Crippen LogP) is 0.647. The first-order valence-corrected chi connectivity index (χ1v) is 4.80. The molecule has 0 amide bonds.